The molecule has 0 aliphatic carbocycles. The highest BCUT2D eigenvalue weighted by Crippen LogP contribution is 2.23. The molecule has 3 rings (SSSR count). The monoisotopic (exact) mass is 421 g/mol. The van der Waals surface area contributed by atoms with Crippen LogP contribution >= 0.6 is 11.6 Å². The molecule has 0 atom stereocenters. The highest BCUT2D eigenvalue weighted by molar-refractivity contribution is 6.30. The number of amides is 1. The molecule has 1 aromatic carbocycles. The van der Waals surface area contributed by atoms with Crippen molar-refractivity contribution in [3.05, 3.63) is 28.8 Å². The number of carbonyl (C=O) groups excluding carboxylic acids is 1. The van der Waals surface area contributed by atoms with Gasteiger partial charge in [-0.15, -0.1) is 0 Å². The number of carbonyl (C=O) groups is 1. The van der Waals surface area contributed by atoms with Gasteiger partial charge in [0.1, 0.15) is 5.75 Å². The smallest absolute Gasteiger partial charge is 0.236 e. The SMILES string of the molecule is CCNC(=NCc1ccc(Cl)cc1OC)N1CCN(CC(=O)N2CCCC2)CC1. The van der Waals surface area contributed by atoms with Crippen LogP contribution in [0.3, 0.4) is 0 Å². The molecule has 0 unspecified atom stereocenters. The number of halogens is 1. The predicted octanol–water partition coefficient (Wildman–Crippen LogP) is 2.05. The lowest BCUT2D eigenvalue weighted by molar-refractivity contribution is -0.131. The third kappa shape index (κ3) is 6.00. The fraction of sp³-hybridized carbons (Fsp3) is 0.619. The van der Waals surface area contributed by atoms with Crippen LogP contribution < -0.4 is 10.1 Å². The minimum Gasteiger partial charge on any atom is -0.496 e. The van der Waals surface area contributed by atoms with Crippen LogP contribution in [-0.4, -0.2) is 86.0 Å². The Labute approximate surface area is 178 Å². The first kappa shape index (κ1) is 21.7. The van der Waals surface area contributed by atoms with Gasteiger partial charge in [-0.05, 0) is 31.9 Å². The summed E-state index contributed by atoms with van der Waals surface area (Å²) in [7, 11) is 1.65. The molecule has 2 fully saturated rings. The summed E-state index contributed by atoms with van der Waals surface area (Å²) in [5.74, 6) is 1.92. The number of aliphatic imine (C=N–C) groups is 1. The number of guanidine groups is 1. The number of nitrogens with zero attached hydrogens (tertiary/aromatic N) is 4. The second-order valence-corrected chi connectivity index (χ2v) is 7.91. The highest BCUT2D eigenvalue weighted by Gasteiger charge is 2.24. The maximum Gasteiger partial charge on any atom is 0.236 e. The van der Waals surface area contributed by atoms with Gasteiger partial charge >= 0.3 is 0 Å². The summed E-state index contributed by atoms with van der Waals surface area (Å²) in [4.78, 5) is 23.7. The predicted molar refractivity (Wildman–Crippen MR) is 117 cm³/mol. The fourth-order valence-corrected chi connectivity index (χ4v) is 3.97. The third-order valence-corrected chi connectivity index (χ3v) is 5.71. The van der Waals surface area contributed by atoms with Gasteiger partial charge in [-0.2, -0.15) is 0 Å². The van der Waals surface area contributed by atoms with Crippen LogP contribution in [0.2, 0.25) is 5.02 Å². The molecule has 0 spiro atoms. The largest absolute Gasteiger partial charge is 0.496 e. The van der Waals surface area contributed by atoms with Crippen LogP contribution in [0.15, 0.2) is 23.2 Å². The molecule has 0 aromatic heterocycles. The zero-order valence-corrected chi connectivity index (χ0v) is 18.2. The lowest BCUT2D eigenvalue weighted by Crippen LogP contribution is -2.54. The van der Waals surface area contributed by atoms with Gasteiger partial charge in [0.25, 0.3) is 0 Å². The van der Waals surface area contributed by atoms with Crippen LogP contribution in [0.4, 0.5) is 0 Å². The quantitative estimate of drug-likeness (QED) is 0.562. The average molecular weight is 422 g/mol. The van der Waals surface area contributed by atoms with Crippen molar-refractivity contribution in [2.75, 3.05) is 59.5 Å². The summed E-state index contributed by atoms with van der Waals surface area (Å²) < 4.78 is 5.43. The van der Waals surface area contributed by atoms with E-state index in [-0.39, 0.29) is 5.91 Å². The van der Waals surface area contributed by atoms with Gasteiger partial charge in [-0.3, -0.25) is 9.69 Å². The van der Waals surface area contributed by atoms with Gasteiger partial charge in [0, 0.05) is 56.4 Å². The molecule has 2 heterocycles. The van der Waals surface area contributed by atoms with Crippen molar-refractivity contribution in [2.24, 2.45) is 4.99 Å². The maximum atomic E-state index is 12.4. The van der Waals surface area contributed by atoms with Crippen molar-refractivity contribution >= 4 is 23.5 Å². The Morgan fingerprint density at radius 1 is 1.14 bits per heavy atom. The first-order valence-electron chi connectivity index (χ1n) is 10.5. The molecule has 8 heteroatoms. The van der Waals surface area contributed by atoms with E-state index in [0.29, 0.717) is 18.1 Å². The van der Waals surface area contributed by atoms with Gasteiger partial charge in [0.05, 0.1) is 20.2 Å². The summed E-state index contributed by atoms with van der Waals surface area (Å²) in [5, 5.41) is 4.04. The summed E-state index contributed by atoms with van der Waals surface area (Å²) in [6.45, 7) is 9.23. The minimum atomic E-state index is 0.270. The molecule has 1 amide bonds. The summed E-state index contributed by atoms with van der Waals surface area (Å²) in [5.41, 5.74) is 1.00. The Morgan fingerprint density at radius 2 is 1.86 bits per heavy atom. The number of nitrogens with one attached hydrogen (secondary N) is 1. The third-order valence-electron chi connectivity index (χ3n) is 5.47. The van der Waals surface area contributed by atoms with E-state index in [1.165, 1.54) is 0 Å². The number of hydrogen-bond acceptors (Lipinski definition) is 4. The van der Waals surface area contributed by atoms with E-state index in [9.17, 15) is 4.79 Å². The molecule has 1 N–H and O–H groups in total. The van der Waals surface area contributed by atoms with Crippen LogP contribution in [0, 0.1) is 0 Å². The molecule has 2 aliphatic heterocycles. The Bertz CT molecular complexity index is 713. The van der Waals surface area contributed by atoms with Gasteiger partial charge in [0.2, 0.25) is 5.91 Å². The van der Waals surface area contributed by atoms with Crippen LogP contribution in [-0.2, 0) is 11.3 Å². The van der Waals surface area contributed by atoms with E-state index in [1.807, 2.05) is 23.1 Å². The molecule has 1 aromatic rings. The van der Waals surface area contributed by atoms with E-state index in [4.69, 9.17) is 21.3 Å². The number of hydrogen-bond donors (Lipinski definition) is 1. The zero-order chi connectivity index (χ0) is 20.6. The van der Waals surface area contributed by atoms with Gasteiger partial charge in [0.15, 0.2) is 5.96 Å². The van der Waals surface area contributed by atoms with E-state index in [2.05, 4.69) is 22.0 Å². The van der Waals surface area contributed by atoms with E-state index >= 15 is 0 Å². The Balaban J connectivity index is 1.56. The Morgan fingerprint density at radius 3 is 2.52 bits per heavy atom. The van der Waals surface area contributed by atoms with Gasteiger partial charge < -0.3 is 19.9 Å². The molecule has 29 heavy (non-hydrogen) atoms. The number of rotatable bonds is 6. The van der Waals surface area contributed by atoms with Crippen molar-refractivity contribution in [2.45, 2.75) is 26.3 Å². The number of piperazine rings is 1. The molecular weight excluding hydrogens is 390 g/mol. The first-order chi connectivity index (χ1) is 14.1. The summed E-state index contributed by atoms with van der Waals surface area (Å²) in [6.07, 6.45) is 2.28. The van der Waals surface area contributed by atoms with Crippen molar-refractivity contribution in [1.29, 1.82) is 0 Å². The number of ether oxygens (including phenoxy) is 1. The van der Waals surface area contributed by atoms with Gasteiger partial charge in [-0.1, -0.05) is 17.7 Å². The van der Waals surface area contributed by atoms with Crippen molar-refractivity contribution < 1.29 is 9.53 Å². The molecular formula is C21H32ClN5O2. The number of methoxy groups -OCH3 is 1. The molecule has 0 bridgehead atoms. The zero-order valence-electron chi connectivity index (χ0n) is 17.5. The molecule has 2 saturated heterocycles. The molecule has 7 nitrogen and oxygen atoms in total. The average Bonchev–Trinajstić information content (AvgIpc) is 3.27. The van der Waals surface area contributed by atoms with Crippen molar-refractivity contribution in [3.8, 4) is 5.75 Å². The first-order valence-corrected chi connectivity index (χ1v) is 10.8. The van der Waals surface area contributed by atoms with E-state index in [1.54, 1.807) is 7.11 Å². The second kappa shape index (κ2) is 10.7. The van der Waals surface area contributed by atoms with E-state index in [0.717, 1.165) is 75.9 Å². The minimum absolute atomic E-state index is 0.270. The van der Waals surface area contributed by atoms with Crippen LogP contribution in [0.1, 0.15) is 25.3 Å². The van der Waals surface area contributed by atoms with Crippen molar-refractivity contribution in [1.82, 2.24) is 20.0 Å². The highest BCUT2D eigenvalue weighted by atomic mass is 35.5. The Hall–Kier alpha value is -1.99. The lowest BCUT2D eigenvalue weighted by Gasteiger charge is -2.36. The second-order valence-electron chi connectivity index (χ2n) is 7.48. The topological polar surface area (TPSA) is 60.4 Å². The lowest BCUT2D eigenvalue weighted by atomic mass is 10.2. The number of likely N-dealkylation sites (tertiary alicyclic amines) is 1. The summed E-state index contributed by atoms with van der Waals surface area (Å²) in [6, 6.07) is 5.63. The molecule has 2 aliphatic rings. The van der Waals surface area contributed by atoms with Crippen molar-refractivity contribution in [3.63, 3.8) is 0 Å². The molecule has 0 radical (unpaired) electrons. The summed E-state index contributed by atoms with van der Waals surface area (Å²) >= 11 is 6.05. The number of benzene rings is 1. The standard InChI is InChI=1S/C21H32ClN5O2/c1-3-23-21(24-15-17-6-7-18(22)14-19(17)29-2)27-12-10-25(11-13-27)16-20(28)26-8-4-5-9-26/h6-7,14H,3-5,8-13,15-16H2,1-2H3,(H,23,24). The molecule has 160 valence electrons. The maximum absolute atomic E-state index is 12.4. The fourth-order valence-electron chi connectivity index (χ4n) is 3.81. The van der Waals surface area contributed by atoms with Crippen LogP contribution in [0.5, 0.6) is 5.75 Å². The molecule has 0 saturated carbocycles. The van der Waals surface area contributed by atoms with Gasteiger partial charge in [-0.25, -0.2) is 4.99 Å². The Kier molecular flexibility index (Phi) is 8.00. The van der Waals surface area contributed by atoms with E-state index < -0.39 is 0 Å². The normalized spacial score (nSPS) is 18.2. The van der Waals surface area contributed by atoms with Crippen LogP contribution in [0.25, 0.3) is 0 Å².